The number of hydrogen-bond donors (Lipinski definition) is 1. The molecule has 0 fully saturated rings. The third kappa shape index (κ3) is 4.75. The molecule has 0 saturated carbocycles. The number of benzene rings is 2. The molecule has 0 aliphatic rings. The SMILES string of the molecule is CC(C)(C)c1ccc(/C=C/c2ccccc2)c(CC(C)(C)n2ccn3c(=O)[nH]c(=O)nc23)c1. The van der Waals surface area contributed by atoms with Gasteiger partial charge in [-0.25, -0.2) is 14.0 Å². The summed E-state index contributed by atoms with van der Waals surface area (Å²) in [7, 11) is 0. The van der Waals surface area contributed by atoms with Crippen molar-refractivity contribution in [2.45, 2.75) is 52.0 Å². The first-order valence-corrected chi connectivity index (χ1v) is 11.1. The molecule has 6 heteroatoms. The number of aromatic nitrogens is 4. The highest BCUT2D eigenvalue weighted by atomic mass is 16.2. The second-order valence-electron chi connectivity index (χ2n) is 10.1. The molecule has 0 atom stereocenters. The molecule has 4 rings (SSSR count). The summed E-state index contributed by atoms with van der Waals surface area (Å²) in [4.78, 5) is 30.3. The molecule has 2 aromatic heterocycles. The highest BCUT2D eigenvalue weighted by molar-refractivity contribution is 5.71. The van der Waals surface area contributed by atoms with E-state index in [4.69, 9.17) is 0 Å². The van der Waals surface area contributed by atoms with Crippen LogP contribution in [0.2, 0.25) is 0 Å². The van der Waals surface area contributed by atoms with Crippen LogP contribution in [0.25, 0.3) is 17.9 Å². The van der Waals surface area contributed by atoms with Crippen molar-refractivity contribution in [2.75, 3.05) is 0 Å². The van der Waals surface area contributed by atoms with Gasteiger partial charge in [-0.15, -0.1) is 0 Å². The third-order valence-electron chi connectivity index (χ3n) is 5.97. The number of rotatable bonds is 5. The van der Waals surface area contributed by atoms with E-state index in [9.17, 15) is 9.59 Å². The van der Waals surface area contributed by atoms with Crippen molar-refractivity contribution in [3.05, 3.63) is 104 Å². The number of fused-ring (bicyclic) bond motifs is 1. The summed E-state index contributed by atoms with van der Waals surface area (Å²) >= 11 is 0. The largest absolute Gasteiger partial charge is 0.352 e. The molecule has 0 aliphatic heterocycles. The van der Waals surface area contributed by atoms with Crippen molar-refractivity contribution >= 4 is 17.9 Å². The standard InChI is InChI=1S/C27H30N4O2/c1-26(2,3)22-14-13-20(12-11-19-9-7-6-8-10-19)21(17-22)18-27(4,5)31-16-15-30-24(31)28-23(32)29-25(30)33/h6-17H,18H2,1-5H3,(H,29,32,33)/b12-11+. The fourth-order valence-corrected chi connectivity index (χ4v) is 4.08. The van der Waals surface area contributed by atoms with Crippen LogP contribution in [0.4, 0.5) is 0 Å². The van der Waals surface area contributed by atoms with E-state index in [0.29, 0.717) is 12.2 Å². The van der Waals surface area contributed by atoms with Crippen LogP contribution in [0.15, 0.2) is 70.5 Å². The molecule has 0 spiro atoms. The average Bonchev–Trinajstić information content (AvgIpc) is 3.18. The number of hydrogen-bond acceptors (Lipinski definition) is 3. The highest BCUT2D eigenvalue weighted by Gasteiger charge is 2.26. The van der Waals surface area contributed by atoms with Crippen molar-refractivity contribution < 1.29 is 0 Å². The van der Waals surface area contributed by atoms with Crippen LogP contribution >= 0.6 is 0 Å². The Balaban J connectivity index is 1.79. The van der Waals surface area contributed by atoms with Gasteiger partial charge >= 0.3 is 11.4 Å². The zero-order valence-corrected chi connectivity index (χ0v) is 19.8. The minimum atomic E-state index is -0.642. The Morgan fingerprint density at radius 1 is 0.939 bits per heavy atom. The van der Waals surface area contributed by atoms with Crippen LogP contribution in [0.1, 0.15) is 56.9 Å². The molecule has 0 unspecified atom stereocenters. The van der Waals surface area contributed by atoms with Gasteiger partial charge in [0.2, 0.25) is 5.78 Å². The van der Waals surface area contributed by atoms with Gasteiger partial charge in [0.05, 0.1) is 0 Å². The summed E-state index contributed by atoms with van der Waals surface area (Å²) in [6, 6.07) is 16.9. The molecular weight excluding hydrogens is 412 g/mol. The summed E-state index contributed by atoms with van der Waals surface area (Å²) in [6.07, 6.45) is 8.41. The summed E-state index contributed by atoms with van der Waals surface area (Å²) in [5, 5.41) is 0. The Hall–Kier alpha value is -3.67. The molecule has 1 N–H and O–H groups in total. The molecule has 4 aromatic rings. The molecule has 2 aromatic carbocycles. The molecule has 6 nitrogen and oxygen atoms in total. The Kier molecular flexibility index (Phi) is 5.70. The molecule has 0 aliphatic carbocycles. The van der Waals surface area contributed by atoms with Crippen LogP contribution < -0.4 is 11.4 Å². The lowest BCUT2D eigenvalue weighted by Crippen LogP contribution is -2.33. The first-order valence-electron chi connectivity index (χ1n) is 11.1. The molecule has 170 valence electrons. The van der Waals surface area contributed by atoms with Gasteiger partial charge in [0.1, 0.15) is 0 Å². The molecular formula is C27H30N4O2. The first-order chi connectivity index (χ1) is 15.5. The lowest BCUT2D eigenvalue weighted by molar-refractivity contribution is 0.360. The van der Waals surface area contributed by atoms with Gasteiger partial charge in [-0.05, 0) is 47.9 Å². The average molecular weight is 443 g/mol. The predicted octanol–water partition coefficient (Wildman–Crippen LogP) is 4.63. The Morgan fingerprint density at radius 3 is 2.36 bits per heavy atom. The molecule has 0 amide bonds. The minimum Gasteiger partial charge on any atom is -0.311 e. The van der Waals surface area contributed by atoms with Crippen LogP contribution in [-0.2, 0) is 17.4 Å². The van der Waals surface area contributed by atoms with Crippen molar-refractivity contribution in [2.24, 2.45) is 0 Å². The second-order valence-corrected chi connectivity index (χ2v) is 10.1. The van der Waals surface area contributed by atoms with Crippen molar-refractivity contribution in [3.8, 4) is 0 Å². The highest BCUT2D eigenvalue weighted by Crippen LogP contribution is 2.30. The van der Waals surface area contributed by atoms with E-state index < -0.39 is 16.9 Å². The van der Waals surface area contributed by atoms with Gasteiger partial charge < -0.3 is 4.57 Å². The molecule has 2 heterocycles. The van der Waals surface area contributed by atoms with Gasteiger partial charge in [0.25, 0.3) is 0 Å². The number of H-pyrrole nitrogens is 1. The predicted molar refractivity (Wildman–Crippen MR) is 134 cm³/mol. The van der Waals surface area contributed by atoms with Crippen molar-refractivity contribution in [3.63, 3.8) is 0 Å². The Morgan fingerprint density at radius 2 is 1.67 bits per heavy atom. The zero-order valence-electron chi connectivity index (χ0n) is 19.8. The molecule has 0 radical (unpaired) electrons. The number of nitrogens with one attached hydrogen (secondary N) is 1. The third-order valence-corrected chi connectivity index (χ3v) is 5.97. The fraction of sp³-hybridized carbons (Fsp3) is 0.296. The Bertz CT molecular complexity index is 1430. The fourth-order valence-electron chi connectivity index (χ4n) is 4.08. The first kappa shape index (κ1) is 22.5. The van der Waals surface area contributed by atoms with Crippen LogP contribution in [0.5, 0.6) is 0 Å². The molecule has 0 saturated heterocycles. The van der Waals surface area contributed by atoms with E-state index >= 15 is 0 Å². The van der Waals surface area contributed by atoms with Crippen LogP contribution in [0.3, 0.4) is 0 Å². The maximum atomic E-state index is 12.2. The van der Waals surface area contributed by atoms with E-state index in [1.807, 2.05) is 29.0 Å². The second kappa shape index (κ2) is 8.35. The Labute approximate surface area is 193 Å². The summed E-state index contributed by atoms with van der Waals surface area (Å²) in [6.45, 7) is 10.8. The smallest absolute Gasteiger partial charge is 0.311 e. The van der Waals surface area contributed by atoms with Crippen LogP contribution in [-0.4, -0.2) is 18.9 Å². The van der Waals surface area contributed by atoms with Gasteiger partial charge in [-0.2, -0.15) is 4.98 Å². The van der Waals surface area contributed by atoms with Gasteiger partial charge in [0, 0.05) is 17.9 Å². The van der Waals surface area contributed by atoms with Crippen LogP contribution in [0, 0.1) is 0 Å². The monoisotopic (exact) mass is 442 g/mol. The van der Waals surface area contributed by atoms with E-state index in [1.54, 1.807) is 6.20 Å². The summed E-state index contributed by atoms with van der Waals surface area (Å²) < 4.78 is 3.27. The minimum absolute atomic E-state index is 0.0167. The van der Waals surface area contributed by atoms with E-state index in [2.05, 4.69) is 87.1 Å². The maximum Gasteiger partial charge on any atom is 0.352 e. The van der Waals surface area contributed by atoms with Crippen molar-refractivity contribution in [1.29, 1.82) is 0 Å². The molecule has 0 bridgehead atoms. The van der Waals surface area contributed by atoms with Gasteiger partial charge in [-0.3, -0.25) is 4.98 Å². The van der Waals surface area contributed by atoms with E-state index in [1.165, 1.54) is 15.5 Å². The number of aromatic amines is 1. The normalized spacial score (nSPS) is 12.6. The van der Waals surface area contributed by atoms with Gasteiger partial charge in [-0.1, -0.05) is 81.5 Å². The quantitative estimate of drug-likeness (QED) is 0.458. The van der Waals surface area contributed by atoms with Crippen molar-refractivity contribution in [1.82, 2.24) is 18.9 Å². The van der Waals surface area contributed by atoms with E-state index in [0.717, 1.165) is 11.1 Å². The number of imidazole rings is 1. The van der Waals surface area contributed by atoms with E-state index in [-0.39, 0.29) is 5.41 Å². The number of nitrogens with zero attached hydrogens (tertiary/aromatic N) is 3. The zero-order chi connectivity index (χ0) is 23.8. The molecule has 33 heavy (non-hydrogen) atoms. The lowest BCUT2D eigenvalue weighted by Gasteiger charge is -2.29. The lowest BCUT2D eigenvalue weighted by atomic mass is 9.82. The maximum absolute atomic E-state index is 12.2. The topological polar surface area (TPSA) is 72.2 Å². The summed E-state index contributed by atoms with van der Waals surface area (Å²) in [5.74, 6) is 0.335. The van der Waals surface area contributed by atoms with Gasteiger partial charge in [0.15, 0.2) is 0 Å². The summed E-state index contributed by atoms with van der Waals surface area (Å²) in [5.41, 5.74) is 3.18.